The van der Waals surface area contributed by atoms with Crippen molar-refractivity contribution in [2.24, 2.45) is 0 Å². The molecule has 4 aromatic rings. The van der Waals surface area contributed by atoms with Gasteiger partial charge < -0.3 is 14.6 Å². The number of nitro groups is 1. The smallest absolute Gasteiger partial charge is 0.289 e. The number of aromatic nitrogens is 4. The topological polar surface area (TPSA) is 197 Å². The highest BCUT2D eigenvalue weighted by Gasteiger charge is 2.35. The van der Waals surface area contributed by atoms with E-state index in [0.717, 1.165) is 29.5 Å². The fourth-order valence-electron chi connectivity index (χ4n) is 5.34. The summed E-state index contributed by atoms with van der Waals surface area (Å²) in [5, 5.41) is 25.8. The lowest BCUT2D eigenvalue weighted by atomic mass is 10.1. The number of benzene rings is 2. The summed E-state index contributed by atoms with van der Waals surface area (Å²) >= 11 is 0. The fourth-order valence-corrected chi connectivity index (χ4v) is 7.70. The van der Waals surface area contributed by atoms with Crippen LogP contribution in [0.25, 0.3) is 22.3 Å². The van der Waals surface area contributed by atoms with Crippen molar-refractivity contribution >= 4 is 42.1 Å². The Kier molecular flexibility index (Phi) is 9.97. The first kappa shape index (κ1) is 33.3. The van der Waals surface area contributed by atoms with Gasteiger partial charge in [0, 0.05) is 43.2 Å². The molecule has 0 aliphatic carbocycles. The molecule has 2 atom stereocenters. The lowest BCUT2D eigenvalue weighted by molar-refractivity contribution is -0.387. The normalized spacial score (nSPS) is 16.4. The first-order valence-electron chi connectivity index (χ1n) is 14.6. The summed E-state index contributed by atoms with van der Waals surface area (Å²) in [6, 6.07) is 10.7. The fraction of sp³-hybridized carbons (Fsp3) is 0.414. The summed E-state index contributed by atoms with van der Waals surface area (Å²) in [5.74, 6) is 0. The van der Waals surface area contributed by atoms with Crippen molar-refractivity contribution in [2.45, 2.75) is 54.9 Å². The maximum absolute atomic E-state index is 14.3. The van der Waals surface area contributed by atoms with Gasteiger partial charge in [-0.3, -0.25) is 14.4 Å². The maximum atomic E-state index is 14.3. The van der Waals surface area contributed by atoms with E-state index in [1.54, 1.807) is 29.8 Å². The number of anilines is 1. The number of sulfonamides is 1. The predicted octanol–water partition coefficient (Wildman–Crippen LogP) is 3.49. The quantitative estimate of drug-likeness (QED) is 0.0939. The number of nitrogens with zero attached hydrogens (tertiary/aromatic N) is 6. The van der Waals surface area contributed by atoms with Crippen molar-refractivity contribution < 1.29 is 36.3 Å². The van der Waals surface area contributed by atoms with Crippen LogP contribution in [0.4, 0.5) is 11.4 Å². The van der Waals surface area contributed by atoms with Crippen molar-refractivity contribution in [2.75, 3.05) is 37.0 Å². The predicted molar refractivity (Wildman–Crippen MR) is 167 cm³/mol. The molecule has 17 heteroatoms. The van der Waals surface area contributed by atoms with Crippen molar-refractivity contribution in [1.82, 2.24) is 19.7 Å². The number of fused-ring (bicyclic) bond motifs is 1. The van der Waals surface area contributed by atoms with Gasteiger partial charge in [-0.2, -0.15) is 5.10 Å². The molecule has 1 N–H and O–H groups in total. The SMILES string of the molecule is CC(CCOCCO)N(c1ccc2c(c1)c(-c1ccnc(S(C)(=O)=O)n1)nn2C1CCCCO1)S(=O)(=O)c1ccccc1[N+](=O)[O-]. The molecule has 246 valence electrons. The van der Waals surface area contributed by atoms with E-state index in [0.29, 0.717) is 23.9 Å². The Morgan fingerprint density at radius 1 is 1.15 bits per heavy atom. The summed E-state index contributed by atoms with van der Waals surface area (Å²) in [6.07, 6.45) is 4.57. The molecular weight excluding hydrogens is 640 g/mol. The van der Waals surface area contributed by atoms with Gasteiger partial charge in [-0.05, 0) is 62.9 Å². The van der Waals surface area contributed by atoms with Crippen LogP contribution in [0.5, 0.6) is 0 Å². The molecule has 3 heterocycles. The Labute approximate surface area is 265 Å². The van der Waals surface area contributed by atoms with E-state index in [1.165, 1.54) is 30.5 Å². The second-order valence-electron chi connectivity index (χ2n) is 10.8. The molecule has 1 fully saturated rings. The number of sulfone groups is 1. The van der Waals surface area contributed by atoms with Crippen molar-refractivity contribution in [1.29, 1.82) is 0 Å². The van der Waals surface area contributed by atoms with E-state index >= 15 is 0 Å². The van der Waals surface area contributed by atoms with Gasteiger partial charge in [-0.1, -0.05) is 12.1 Å². The van der Waals surface area contributed by atoms with Crippen LogP contribution in [-0.2, 0) is 29.3 Å². The molecule has 15 nitrogen and oxygen atoms in total. The highest BCUT2D eigenvalue weighted by Crippen LogP contribution is 2.38. The number of aliphatic hydroxyl groups is 1. The largest absolute Gasteiger partial charge is 0.394 e. The first-order valence-corrected chi connectivity index (χ1v) is 17.9. The number of aliphatic hydroxyl groups excluding tert-OH is 1. The Morgan fingerprint density at radius 2 is 1.93 bits per heavy atom. The molecule has 46 heavy (non-hydrogen) atoms. The van der Waals surface area contributed by atoms with Gasteiger partial charge >= 0.3 is 0 Å². The van der Waals surface area contributed by atoms with Crippen LogP contribution in [0.1, 0.15) is 38.8 Å². The summed E-state index contributed by atoms with van der Waals surface area (Å²) in [6.45, 7) is 2.16. The van der Waals surface area contributed by atoms with Crippen molar-refractivity contribution in [3.05, 3.63) is 64.8 Å². The zero-order valence-electron chi connectivity index (χ0n) is 25.2. The number of para-hydroxylation sites is 1. The maximum Gasteiger partial charge on any atom is 0.289 e. The van der Waals surface area contributed by atoms with Gasteiger partial charge in [-0.15, -0.1) is 0 Å². The number of hydrogen-bond acceptors (Lipinski definition) is 12. The molecule has 0 amide bonds. The van der Waals surface area contributed by atoms with Gasteiger partial charge in [0.15, 0.2) is 11.1 Å². The minimum Gasteiger partial charge on any atom is -0.394 e. The summed E-state index contributed by atoms with van der Waals surface area (Å²) < 4.78 is 67.4. The average Bonchev–Trinajstić information content (AvgIpc) is 3.42. The van der Waals surface area contributed by atoms with E-state index in [4.69, 9.17) is 19.7 Å². The molecule has 1 aliphatic heterocycles. The molecule has 2 aromatic carbocycles. The molecule has 2 unspecified atom stereocenters. The number of ether oxygens (including phenoxy) is 2. The van der Waals surface area contributed by atoms with Crippen LogP contribution in [0.3, 0.4) is 0 Å². The van der Waals surface area contributed by atoms with Gasteiger partial charge in [0.25, 0.3) is 15.7 Å². The van der Waals surface area contributed by atoms with Crippen molar-refractivity contribution in [3.8, 4) is 11.4 Å². The zero-order valence-corrected chi connectivity index (χ0v) is 26.9. The monoisotopic (exact) mass is 674 g/mol. The van der Waals surface area contributed by atoms with Crippen LogP contribution < -0.4 is 4.31 Å². The van der Waals surface area contributed by atoms with E-state index in [2.05, 4.69) is 9.97 Å². The summed E-state index contributed by atoms with van der Waals surface area (Å²) in [5.41, 5.74) is 0.677. The van der Waals surface area contributed by atoms with Crippen LogP contribution in [0.2, 0.25) is 0 Å². The minimum atomic E-state index is -4.53. The molecule has 2 aromatic heterocycles. The highest BCUT2D eigenvalue weighted by molar-refractivity contribution is 7.93. The molecule has 0 spiro atoms. The van der Waals surface area contributed by atoms with Crippen LogP contribution >= 0.6 is 0 Å². The Morgan fingerprint density at radius 3 is 2.63 bits per heavy atom. The van der Waals surface area contributed by atoms with Gasteiger partial charge in [0.05, 0.1) is 35.0 Å². The lowest BCUT2D eigenvalue weighted by Gasteiger charge is -2.30. The summed E-state index contributed by atoms with van der Waals surface area (Å²) in [4.78, 5) is 18.8. The number of nitro benzene ring substituents is 1. The van der Waals surface area contributed by atoms with E-state index in [9.17, 15) is 26.9 Å². The van der Waals surface area contributed by atoms with Crippen LogP contribution in [0.15, 0.2) is 64.8 Å². The van der Waals surface area contributed by atoms with Gasteiger partial charge in [0.2, 0.25) is 15.0 Å². The third-order valence-corrected chi connectivity index (χ3v) is 10.3. The van der Waals surface area contributed by atoms with Crippen LogP contribution in [-0.4, -0.2) is 85.3 Å². The molecule has 0 saturated carbocycles. The molecular formula is C29H34N6O9S2. The molecule has 1 aliphatic rings. The third kappa shape index (κ3) is 6.87. The second kappa shape index (κ2) is 13.8. The van der Waals surface area contributed by atoms with Gasteiger partial charge in [-0.25, -0.2) is 31.5 Å². The summed E-state index contributed by atoms with van der Waals surface area (Å²) in [7, 11) is -8.29. The Balaban J connectivity index is 1.71. The first-order chi connectivity index (χ1) is 21.9. The van der Waals surface area contributed by atoms with E-state index in [1.807, 2.05) is 0 Å². The Bertz CT molecular complexity index is 1940. The average molecular weight is 675 g/mol. The van der Waals surface area contributed by atoms with Crippen molar-refractivity contribution in [3.63, 3.8) is 0 Å². The minimum absolute atomic E-state index is 0.0652. The lowest BCUT2D eigenvalue weighted by Crippen LogP contribution is -2.39. The van der Waals surface area contributed by atoms with E-state index in [-0.39, 0.29) is 43.3 Å². The van der Waals surface area contributed by atoms with Gasteiger partial charge in [0.1, 0.15) is 5.69 Å². The molecule has 0 bridgehead atoms. The molecule has 1 saturated heterocycles. The van der Waals surface area contributed by atoms with E-state index < -0.39 is 52.8 Å². The zero-order chi connectivity index (χ0) is 33.1. The molecule has 0 radical (unpaired) electrons. The number of hydrogen-bond donors (Lipinski definition) is 1. The van der Waals surface area contributed by atoms with Crippen LogP contribution in [0, 0.1) is 10.1 Å². The number of rotatable bonds is 13. The standard InChI is InChI=1S/C29H34N6O9S2/c1-20(13-17-43-18-15-36)34(46(41,42)26-8-4-3-7-25(26)35(37)38)21-10-11-24-22(19-21)28(32-33(24)27-9-5-6-16-44-27)23-12-14-30-29(31-23)45(2,39)40/h3-4,7-8,10-12,14,19-20,27,36H,5-6,9,13,15-18H2,1-2H3. The highest BCUT2D eigenvalue weighted by atomic mass is 32.2. The second-order valence-corrected chi connectivity index (χ2v) is 14.5. The molecule has 5 rings (SSSR count). The Hall–Kier alpha value is -4.03. The third-order valence-electron chi connectivity index (χ3n) is 7.50.